The first-order chi connectivity index (χ1) is 9.50. The molecule has 102 valence electrons. The van der Waals surface area contributed by atoms with E-state index in [1.165, 1.54) is 35.4 Å². The summed E-state index contributed by atoms with van der Waals surface area (Å²) in [5.74, 6) is -0.830. The maximum Gasteiger partial charge on any atom is 0.335 e. The van der Waals surface area contributed by atoms with Crippen LogP contribution in [-0.2, 0) is 0 Å². The fraction of sp³-hybridized carbons (Fsp3) is 0.0769. The smallest absolute Gasteiger partial charge is 0.335 e. The van der Waals surface area contributed by atoms with Crippen LogP contribution in [0.4, 0.5) is 17.2 Å². The number of anilines is 2. The molecule has 1 aromatic heterocycles. The highest BCUT2D eigenvalue weighted by molar-refractivity contribution is 5.88. The quantitative estimate of drug-likeness (QED) is 0.678. The summed E-state index contributed by atoms with van der Waals surface area (Å²) in [6.07, 6.45) is 1.46. The standard InChI is InChI=1S/C13H11N3O4/c1-15(10-6-4-9(5-7-10)13(17)18)12-11(16(19)20)3-2-8-14-12/h2-8H,1H3,(H,17,18). The first-order valence-corrected chi connectivity index (χ1v) is 5.67. The minimum absolute atomic E-state index is 0.114. The molecule has 0 radical (unpaired) electrons. The van der Waals surface area contributed by atoms with Crippen LogP contribution in [0, 0.1) is 10.1 Å². The first-order valence-electron chi connectivity index (χ1n) is 5.67. The molecule has 0 aliphatic heterocycles. The summed E-state index contributed by atoms with van der Waals surface area (Å²) in [6, 6.07) is 8.86. The number of aromatic carboxylic acids is 1. The largest absolute Gasteiger partial charge is 0.478 e. The van der Waals surface area contributed by atoms with E-state index in [4.69, 9.17) is 5.11 Å². The van der Waals surface area contributed by atoms with Gasteiger partial charge in [-0.15, -0.1) is 0 Å². The van der Waals surface area contributed by atoms with Gasteiger partial charge in [-0.25, -0.2) is 9.78 Å². The topological polar surface area (TPSA) is 96.6 Å². The summed E-state index contributed by atoms with van der Waals surface area (Å²) in [5.41, 5.74) is 0.645. The molecule has 1 aromatic carbocycles. The van der Waals surface area contributed by atoms with Crippen molar-refractivity contribution in [2.75, 3.05) is 11.9 Å². The predicted octanol–water partition coefficient (Wildman–Crippen LogP) is 2.46. The van der Waals surface area contributed by atoms with Crippen molar-refractivity contribution in [3.8, 4) is 0 Å². The van der Waals surface area contributed by atoms with Gasteiger partial charge in [-0.2, -0.15) is 0 Å². The van der Waals surface area contributed by atoms with Crippen molar-refractivity contribution in [1.29, 1.82) is 0 Å². The number of nitro groups is 1. The molecule has 0 amide bonds. The molecule has 0 atom stereocenters. The summed E-state index contributed by atoms with van der Waals surface area (Å²) in [6.45, 7) is 0. The summed E-state index contributed by atoms with van der Waals surface area (Å²) in [7, 11) is 1.63. The van der Waals surface area contributed by atoms with Gasteiger partial charge in [-0.1, -0.05) is 0 Å². The van der Waals surface area contributed by atoms with Crippen LogP contribution in [0.1, 0.15) is 10.4 Å². The number of hydrogen-bond acceptors (Lipinski definition) is 5. The van der Waals surface area contributed by atoms with Gasteiger partial charge in [0, 0.05) is 25.0 Å². The normalized spacial score (nSPS) is 10.1. The van der Waals surface area contributed by atoms with E-state index in [2.05, 4.69) is 4.98 Å². The van der Waals surface area contributed by atoms with Crippen molar-refractivity contribution >= 4 is 23.2 Å². The lowest BCUT2D eigenvalue weighted by Gasteiger charge is -2.17. The van der Waals surface area contributed by atoms with Crippen molar-refractivity contribution in [1.82, 2.24) is 4.98 Å². The molecule has 2 aromatic rings. The van der Waals surface area contributed by atoms with Crippen LogP contribution in [0.3, 0.4) is 0 Å². The van der Waals surface area contributed by atoms with Crippen molar-refractivity contribution in [3.05, 3.63) is 58.3 Å². The zero-order valence-electron chi connectivity index (χ0n) is 10.6. The van der Waals surface area contributed by atoms with Crippen LogP contribution >= 0.6 is 0 Å². The zero-order chi connectivity index (χ0) is 14.7. The average molecular weight is 273 g/mol. The van der Waals surface area contributed by atoms with E-state index >= 15 is 0 Å². The van der Waals surface area contributed by atoms with E-state index in [-0.39, 0.29) is 17.1 Å². The molecule has 0 aliphatic rings. The van der Waals surface area contributed by atoms with Crippen LogP contribution in [0.15, 0.2) is 42.6 Å². The highest BCUT2D eigenvalue weighted by Crippen LogP contribution is 2.29. The molecule has 0 spiro atoms. The Kier molecular flexibility index (Phi) is 3.60. The Morgan fingerprint density at radius 3 is 2.50 bits per heavy atom. The molecule has 1 heterocycles. The fourth-order valence-corrected chi connectivity index (χ4v) is 1.74. The summed E-state index contributed by atoms with van der Waals surface area (Å²) in [4.78, 5) is 26.8. The number of rotatable bonds is 4. The molecule has 7 heteroatoms. The SMILES string of the molecule is CN(c1ccc(C(=O)O)cc1)c1ncccc1[N+](=O)[O-]. The Morgan fingerprint density at radius 1 is 1.30 bits per heavy atom. The molecule has 0 unspecified atom stereocenters. The van der Waals surface area contributed by atoms with Crippen molar-refractivity contribution in [2.24, 2.45) is 0 Å². The number of hydrogen-bond donors (Lipinski definition) is 1. The Balaban J connectivity index is 2.38. The van der Waals surface area contributed by atoms with Crippen molar-refractivity contribution < 1.29 is 14.8 Å². The Hall–Kier alpha value is -2.96. The first kappa shape index (κ1) is 13.5. The van der Waals surface area contributed by atoms with Gasteiger partial charge >= 0.3 is 11.7 Å². The summed E-state index contributed by atoms with van der Waals surface area (Å²) in [5, 5.41) is 19.8. The van der Waals surface area contributed by atoms with Crippen LogP contribution in [-0.4, -0.2) is 28.0 Å². The van der Waals surface area contributed by atoms with E-state index < -0.39 is 10.9 Å². The molecule has 0 aliphatic carbocycles. The third-order valence-corrected chi connectivity index (χ3v) is 2.78. The number of carbonyl (C=O) groups is 1. The molecule has 20 heavy (non-hydrogen) atoms. The molecular formula is C13H11N3O4. The number of nitrogens with zero attached hydrogens (tertiary/aromatic N) is 3. The molecule has 7 nitrogen and oxygen atoms in total. The Morgan fingerprint density at radius 2 is 1.95 bits per heavy atom. The van der Waals surface area contributed by atoms with Crippen LogP contribution in [0.2, 0.25) is 0 Å². The molecule has 0 bridgehead atoms. The highest BCUT2D eigenvalue weighted by Gasteiger charge is 2.19. The molecule has 0 saturated heterocycles. The summed E-state index contributed by atoms with van der Waals surface area (Å²) < 4.78 is 0. The third kappa shape index (κ3) is 2.56. The lowest BCUT2D eigenvalue weighted by atomic mass is 10.2. The predicted molar refractivity (Wildman–Crippen MR) is 72.4 cm³/mol. The van der Waals surface area contributed by atoms with Gasteiger partial charge in [-0.05, 0) is 30.3 Å². The Bertz CT molecular complexity index is 655. The van der Waals surface area contributed by atoms with Crippen molar-refractivity contribution in [2.45, 2.75) is 0 Å². The van der Waals surface area contributed by atoms with Crippen LogP contribution < -0.4 is 4.90 Å². The van der Waals surface area contributed by atoms with Gasteiger partial charge in [0.1, 0.15) is 0 Å². The molecule has 0 saturated carbocycles. The van der Waals surface area contributed by atoms with E-state index in [1.54, 1.807) is 19.2 Å². The number of benzene rings is 1. The molecule has 0 fully saturated rings. The molecular weight excluding hydrogens is 262 g/mol. The van der Waals surface area contributed by atoms with Gasteiger partial charge in [0.15, 0.2) is 0 Å². The van der Waals surface area contributed by atoms with E-state index in [0.29, 0.717) is 5.69 Å². The zero-order valence-corrected chi connectivity index (χ0v) is 10.6. The minimum atomic E-state index is -1.02. The fourth-order valence-electron chi connectivity index (χ4n) is 1.74. The number of pyridine rings is 1. The second kappa shape index (κ2) is 5.35. The van der Waals surface area contributed by atoms with E-state index in [9.17, 15) is 14.9 Å². The van der Waals surface area contributed by atoms with Gasteiger partial charge in [0.2, 0.25) is 5.82 Å². The number of carboxylic acid groups (broad SMARTS) is 1. The van der Waals surface area contributed by atoms with E-state index in [0.717, 1.165) is 0 Å². The number of aromatic nitrogens is 1. The molecule has 2 rings (SSSR count). The average Bonchev–Trinajstić information content (AvgIpc) is 2.46. The third-order valence-electron chi connectivity index (χ3n) is 2.78. The lowest BCUT2D eigenvalue weighted by molar-refractivity contribution is -0.384. The maximum absolute atomic E-state index is 11.0. The monoisotopic (exact) mass is 273 g/mol. The minimum Gasteiger partial charge on any atom is -0.478 e. The highest BCUT2D eigenvalue weighted by atomic mass is 16.6. The second-order valence-corrected chi connectivity index (χ2v) is 4.01. The van der Waals surface area contributed by atoms with Crippen LogP contribution in [0.5, 0.6) is 0 Å². The van der Waals surface area contributed by atoms with Gasteiger partial charge in [-0.3, -0.25) is 10.1 Å². The lowest BCUT2D eigenvalue weighted by Crippen LogP contribution is -2.13. The maximum atomic E-state index is 11.0. The molecule has 1 N–H and O–H groups in total. The summed E-state index contributed by atoms with van der Waals surface area (Å²) >= 11 is 0. The van der Waals surface area contributed by atoms with Crippen molar-refractivity contribution in [3.63, 3.8) is 0 Å². The van der Waals surface area contributed by atoms with E-state index in [1.807, 2.05) is 0 Å². The van der Waals surface area contributed by atoms with Gasteiger partial charge in [0.25, 0.3) is 0 Å². The number of carboxylic acids is 1. The second-order valence-electron chi connectivity index (χ2n) is 4.01. The van der Waals surface area contributed by atoms with Crippen LogP contribution in [0.25, 0.3) is 0 Å². The van der Waals surface area contributed by atoms with Gasteiger partial charge < -0.3 is 10.0 Å². The Labute approximate surface area is 114 Å². The van der Waals surface area contributed by atoms with Gasteiger partial charge in [0.05, 0.1) is 10.5 Å².